The number of oxime groups is 1. The monoisotopic (exact) mass is 342 g/mol. The third-order valence-electron chi connectivity index (χ3n) is 5.55. The highest BCUT2D eigenvalue weighted by atomic mass is 19.1. The summed E-state index contributed by atoms with van der Waals surface area (Å²) in [6, 6.07) is 12.6. The summed E-state index contributed by atoms with van der Waals surface area (Å²) in [5.41, 5.74) is 1.73. The van der Waals surface area contributed by atoms with E-state index in [2.05, 4.69) is 10.5 Å². The Balaban J connectivity index is 1.81. The molecule has 2 aromatic rings. The van der Waals surface area contributed by atoms with E-state index in [-0.39, 0.29) is 35.6 Å². The predicted octanol–water partition coefficient (Wildman–Crippen LogP) is 4.60. The number of nitrogens with zero attached hydrogens (tertiary/aromatic N) is 1. The summed E-state index contributed by atoms with van der Waals surface area (Å²) in [5, 5.41) is 16.7. The molecule has 0 aromatic heterocycles. The molecular formula is C20H20F2N2O. The van der Waals surface area contributed by atoms with Gasteiger partial charge in [-0.15, -0.1) is 0 Å². The highest BCUT2D eigenvalue weighted by molar-refractivity contribution is 5.91. The Hall–Kier alpha value is -2.27. The molecule has 1 saturated heterocycles. The normalized spacial score (nSPS) is 28.6. The van der Waals surface area contributed by atoms with Crippen LogP contribution in [0.4, 0.5) is 8.78 Å². The lowest BCUT2D eigenvalue weighted by molar-refractivity contribution is 0.209. The van der Waals surface area contributed by atoms with Gasteiger partial charge in [0.1, 0.15) is 11.6 Å². The summed E-state index contributed by atoms with van der Waals surface area (Å²) in [5.74, 6) is -0.755. The fourth-order valence-corrected chi connectivity index (χ4v) is 4.45. The molecule has 0 radical (unpaired) electrons. The number of rotatable bonds is 2. The van der Waals surface area contributed by atoms with Crippen LogP contribution < -0.4 is 5.32 Å². The number of halogens is 2. The molecule has 3 nitrogen and oxygen atoms in total. The molecule has 2 N–H and O–H groups in total. The second kappa shape index (κ2) is 6.56. The lowest BCUT2D eigenvalue weighted by Crippen LogP contribution is -2.51. The van der Waals surface area contributed by atoms with Crippen molar-refractivity contribution in [2.24, 2.45) is 17.0 Å². The van der Waals surface area contributed by atoms with E-state index >= 15 is 0 Å². The van der Waals surface area contributed by atoms with Gasteiger partial charge in [-0.1, -0.05) is 48.0 Å². The van der Waals surface area contributed by atoms with Crippen LogP contribution in [-0.2, 0) is 0 Å². The molecule has 2 aliphatic rings. The first kappa shape index (κ1) is 16.2. The van der Waals surface area contributed by atoms with E-state index in [0.29, 0.717) is 16.8 Å². The summed E-state index contributed by atoms with van der Waals surface area (Å²) in [7, 11) is 0. The summed E-state index contributed by atoms with van der Waals surface area (Å²) in [4.78, 5) is 0. The van der Waals surface area contributed by atoms with Crippen molar-refractivity contribution in [1.29, 1.82) is 0 Å². The van der Waals surface area contributed by atoms with Crippen LogP contribution in [0.3, 0.4) is 0 Å². The van der Waals surface area contributed by atoms with Gasteiger partial charge in [-0.25, -0.2) is 8.78 Å². The second-order valence-corrected chi connectivity index (χ2v) is 6.83. The zero-order valence-electron chi connectivity index (χ0n) is 13.7. The van der Waals surface area contributed by atoms with Gasteiger partial charge in [-0.3, -0.25) is 0 Å². The van der Waals surface area contributed by atoms with Gasteiger partial charge in [0.05, 0.1) is 5.71 Å². The van der Waals surface area contributed by atoms with E-state index in [1.807, 2.05) is 0 Å². The Morgan fingerprint density at radius 3 is 1.76 bits per heavy atom. The standard InChI is InChI=1S/C20H20F2N2O/c21-16-10-3-1-6-12(16)18-14-8-5-9-15(20(14)24-25)19(23-18)13-7-2-4-11-17(13)22/h1-4,6-7,10-11,14-15,18-19,23,25H,5,8-9H2. The Morgan fingerprint density at radius 2 is 1.32 bits per heavy atom. The van der Waals surface area contributed by atoms with E-state index in [1.54, 1.807) is 36.4 Å². The molecule has 25 heavy (non-hydrogen) atoms. The highest BCUT2D eigenvalue weighted by Gasteiger charge is 2.46. The van der Waals surface area contributed by atoms with Gasteiger partial charge < -0.3 is 10.5 Å². The van der Waals surface area contributed by atoms with E-state index in [0.717, 1.165) is 19.3 Å². The lowest BCUT2D eigenvalue weighted by atomic mass is 9.67. The molecule has 1 saturated carbocycles. The van der Waals surface area contributed by atoms with Crippen LogP contribution in [0.5, 0.6) is 0 Å². The zero-order valence-corrected chi connectivity index (χ0v) is 13.7. The summed E-state index contributed by atoms with van der Waals surface area (Å²) < 4.78 is 28.8. The SMILES string of the molecule is ON=C1C2CCCC1C(c1ccccc1F)NC2c1ccccc1F. The van der Waals surface area contributed by atoms with Crippen LogP contribution >= 0.6 is 0 Å². The zero-order chi connectivity index (χ0) is 17.4. The first-order chi connectivity index (χ1) is 12.2. The average molecular weight is 342 g/mol. The number of benzene rings is 2. The van der Waals surface area contributed by atoms with Crippen molar-refractivity contribution in [2.75, 3.05) is 0 Å². The van der Waals surface area contributed by atoms with Crippen LogP contribution in [0, 0.1) is 23.5 Å². The Morgan fingerprint density at radius 1 is 0.840 bits per heavy atom. The highest BCUT2D eigenvalue weighted by Crippen LogP contribution is 2.47. The third kappa shape index (κ3) is 2.72. The molecule has 1 aliphatic carbocycles. The van der Waals surface area contributed by atoms with Crippen LogP contribution in [0.1, 0.15) is 42.5 Å². The largest absolute Gasteiger partial charge is 0.411 e. The van der Waals surface area contributed by atoms with Crippen molar-refractivity contribution in [2.45, 2.75) is 31.3 Å². The van der Waals surface area contributed by atoms with Gasteiger partial charge in [0.2, 0.25) is 0 Å². The molecule has 0 spiro atoms. The average Bonchev–Trinajstić information content (AvgIpc) is 2.63. The molecule has 2 fully saturated rings. The molecule has 4 atom stereocenters. The molecule has 1 aliphatic heterocycles. The van der Waals surface area contributed by atoms with E-state index in [9.17, 15) is 14.0 Å². The van der Waals surface area contributed by atoms with Gasteiger partial charge >= 0.3 is 0 Å². The minimum atomic E-state index is -0.340. The van der Waals surface area contributed by atoms with Crippen molar-refractivity contribution >= 4 is 5.71 Å². The molecule has 1 heterocycles. The van der Waals surface area contributed by atoms with Crippen LogP contribution in [0.25, 0.3) is 0 Å². The van der Waals surface area contributed by atoms with Gasteiger partial charge in [0.15, 0.2) is 0 Å². The summed E-state index contributed by atoms with van der Waals surface area (Å²) >= 11 is 0. The van der Waals surface area contributed by atoms with Gasteiger partial charge in [0, 0.05) is 35.0 Å². The number of nitrogens with one attached hydrogen (secondary N) is 1. The van der Waals surface area contributed by atoms with Crippen molar-refractivity contribution in [3.8, 4) is 0 Å². The molecule has 5 heteroatoms. The molecule has 4 rings (SSSR count). The van der Waals surface area contributed by atoms with E-state index < -0.39 is 0 Å². The fourth-order valence-electron chi connectivity index (χ4n) is 4.45. The Bertz CT molecular complexity index is 746. The summed E-state index contributed by atoms with van der Waals surface area (Å²) in [6.45, 7) is 0. The topological polar surface area (TPSA) is 44.6 Å². The Labute approximate surface area is 145 Å². The minimum Gasteiger partial charge on any atom is -0.411 e. The van der Waals surface area contributed by atoms with Crippen molar-refractivity contribution < 1.29 is 14.0 Å². The molecule has 4 unspecified atom stereocenters. The molecular weight excluding hydrogens is 322 g/mol. The molecule has 2 aromatic carbocycles. The van der Waals surface area contributed by atoms with Crippen LogP contribution in [0.2, 0.25) is 0 Å². The maximum absolute atomic E-state index is 14.4. The number of hydrogen-bond acceptors (Lipinski definition) is 3. The summed E-state index contributed by atoms with van der Waals surface area (Å²) in [6.07, 6.45) is 2.60. The lowest BCUT2D eigenvalue weighted by Gasteiger charge is -2.46. The molecule has 2 bridgehead atoms. The van der Waals surface area contributed by atoms with Crippen LogP contribution in [-0.4, -0.2) is 10.9 Å². The van der Waals surface area contributed by atoms with Gasteiger partial charge in [-0.05, 0) is 25.0 Å². The van der Waals surface area contributed by atoms with Crippen molar-refractivity contribution in [3.63, 3.8) is 0 Å². The second-order valence-electron chi connectivity index (χ2n) is 6.83. The number of piperidine rings is 1. The van der Waals surface area contributed by atoms with E-state index in [4.69, 9.17) is 0 Å². The molecule has 130 valence electrons. The van der Waals surface area contributed by atoms with Gasteiger partial charge in [0.25, 0.3) is 0 Å². The maximum atomic E-state index is 14.4. The maximum Gasteiger partial charge on any atom is 0.128 e. The first-order valence-electron chi connectivity index (χ1n) is 8.67. The van der Waals surface area contributed by atoms with Crippen LogP contribution in [0.15, 0.2) is 53.7 Å². The van der Waals surface area contributed by atoms with Gasteiger partial charge in [-0.2, -0.15) is 0 Å². The number of fused-ring (bicyclic) bond motifs is 2. The van der Waals surface area contributed by atoms with Crippen molar-refractivity contribution in [3.05, 3.63) is 71.3 Å². The molecule has 0 amide bonds. The predicted molar refractivity (Wildman–Crippen MR) is 91.5 cm³/mol. The minimum absolute atomic E-state index is 0.0799. The van der Waals surface area contributed by atoms with E-state index in [1.165, 1.54) is 12.1 Å². The first-order valence-corrected chi connectivity index (χ1v) is 8.67. The number of hydrogen-bond donors (Lipinski definition) is 2. The Kier molecular flexibility index (Phi) is 4.25. The third-order valence-corrected chi connectivity index (χ3v) is 5.55. The fraction of sp³-hybridized carbons (Fsp3) is 0.350. The smallest absolute Gasteiger partial charge is 0.128 e. The van der Waals surface area contributed by atoms with Crippen molar-refractivity contribution in [1.82, 2.24) is 5.32 Å². The quantitative estimate of drug-likeness (QED) is 0.619.